The summed E-state index contributed by atoms with van der Waals surface area (Å²) < 4.78 is 20.8. The van der Waals surface area contributed by atoms with E-state index in [2.05, 4.69) is 15.9 Å². The second-order valence-corrected chi connectivity index (χ2v) is 8.61. The maximum Gasteiger partial charge on any atom is 0.293 e. The molecule has 0 unspecified atom stereocenters. The molecular weight excluding hydrogens is 459 g/mol. The fourth-order valence-corrected chi connectivity index (χ4v) is 4.34. The third-order valence-electron chi connectivity index (χ3n) is 4.75. The predicted molar refractivity (Wildman–Crippen MR) is 115 cm³/mol. The van der Waals surface area contributed by atoms with Gasteiger partial charge in [-0.05, 0) is 53.2 Å². The van der Waals surface area contributed by atoms with Gasteiger partial charge >= 0.3 is 0 Å². The molecule has 0 atom stereocenters. The zero-order valence-corrected chi connectivity index (χ0v) is 17.8. The Kier molecular flexibility index (Phi) is 6.03. The van der Waals surface area contributed by atoms with E-state index in [1.54, 1.807) is 18.2 Å². The van der Waals surface area contributed by atoms with Crippen molar-refractivity contribution in [3.63, 3.8) is 0 Å². The molecule has 0 radical (unpaired) electrons. The minimum Gasteiger partial charge on any atom is -0.378 e. The van der Waals surface area contributed by atoms with E-state index in [1.807, 2.05) is 29.2 Å². The Morgan fingerprint density at radius 1 is 1.10 bits per heavy atom. The Hall–Kier alpha value is -2.16. The minimum absolute atomic E-state index is 0.208. The summed E-state index contributed by atoms with van der Waals surface area (Å²) in [5, 5.41) is -0.324. The van der Waals surface area contributed by atoms with Crippen LogP contribution in [0.1, 0.15) is 11.1 Å². The number of morpholine rings is 1. The van der Waals surface area contributed by atoms with Gasteiger partial charge in [0.15, 0.2) is 0 Å². The number of amides is 2. The molecule has 0 bridgehead atoms. The highest BCUT2D eigenvalue weighted by atomic mass is 79.9. The number of thioether (sulfide) groups is 1. The monoisotopic (exact) mass is 476 g/mol. The summed E-state index contributed by atoms with van der Waals surface area (Å²) in [5.74, 6) is -0.713. The third-order valence-corrected chi connectivity index (χ3v) is 6.18. The highest BCUT2D eigenvalue weighted by Gasteiger charge is 2.35. The molecule has 2 saturated heterocycles. The summed E-state index contributed by atoms with van der Waals surface area (Å²) in [5.41, 5.74) is 1.93. The molecule has 0 N–H and O–H groups in total. The summed E-state index contributed by atoms with van der Waals surface area (Å²) >= 11 is 4.24. The standard InChI is InChI=1S/C21H18BrFN2O3S/c22-16-4-1-14(2-5-16)13-25-20(26)19(29-21(25)27)12-15-3-6-18(17(23)11-15)24-7-9-28-10-8-24/h1-6,11-12H,7-10,13H2/b19-12-. The number of imide groups is 1. The van der Waals surface area contributed by atoms with Crippen molar-refractivity contribution in [2.24, 2.45) is 0 Å². The van der Waals surface area contributed by atoms with Crippen LogP contribution in [-0.4, -0.2) is 42.3 Å². The molecule has 150 valence electrons. The summed E-state index contributed by atoms with van der Waals surface area (Å²) in [4.78, 5) is 28.4. The Morgan fingerprint density at radius 3 is 2.52 bits per heavy atom. The van der Waals surface area contributed by atoms with Gasteiger partial charge in [-0.15, -0.1) is 0 Å². The molecule has 0 aliphatic carbocycles. The number of halogens is 2. The van der Waals surface area contributed by atoms with Gasteiger partial charge in [0.05, 0.1) is 30.4 Å². The van der Waals surface area contributed by atoms with E-state index < -0.39 is 0 Å². The Morgan fingerprint density at radius 2 is 1.83 bits per heavy atom. The van der Waals surface area contributed by atoms with Gasteiger partial charge in [0, 0.05) is 17.6 Å². The van der Waals surface area contributed by atoms with Gasteiger partial charge in [0.25, 0.3) is 11.1 Å². The molecule has 2 aliphatic rings. The van der Waals surface area contributed by atoms with Crippen LogP contribution >= 0.6 is 27.7 Å². The first kappa shape index (κ1) is 20.1. The highest BCUT2D eigenvalue weighted by Crippen LogP contribution is 2.34. The van der Waals surface area contributed by atoms with Crippen molar-refractivity contribution in [2.75, 3.05) is 31.2 Å². The summed E-state index contributed by atoms with van der Waals surface area (Å²) in [6.45, 7) is 2.65. The lowest BCUT2D eigenvalue weighted by Gasteiger charge is -2.29. The smallest absolute Gasteiger partial charge is 0.293 e. The third kappa shape index (κ3) is 4.55. The van der Waals surface area contributed by atoms with Crippen LogP contribution in [0.25, 0.3) is 6.08 Å². The van der Waals surface area contributed by atoms with Crippen molar-refractivity contribution in [2.45, 2.75) is 6.54 Å². The topological polar surface area (TPSA) is 49.9 Å². The minimum atomic E-state index is -0.361. The average Bonchev–Trinajstić information content (AvgIpc) is 2.98. The average molecular weight is 477 g/mol. The van der Waals surface area contributed by atoms with Crippen molar-refractivity contribution in [3.8, 4) is 0 Å². The molecule has 0 saturated carbocycles. The molecule has 2 aliphatic heterocycles. The fourth-order valence-electron chi connectivity index (χ4n) is 3.23. The van der Waals surface area contributed by atoms with E-state index in [1.165, 1.54) is 11.0 Å². The van der Waals surface area contributed by atoms with Crippen molar-refractivity contribution >= 4 is 50.6 Å². The molecule has 0 spiro atoms. The van der Waals surface area contributed by atoms with Gasteiger partial charge in [-0.1, -0.05) is 34.1 Å². The molecule has 5 nitrogen and oxygen atoms in total. The Labute approximate surface area is 180 Å². The molecule has 2 fully saturated rings. The molecule has 2 aromatic rings. The number of hydrogen-bond acceptors (Lipinski definition) is 5. The number of rotatable bonds is 4. The Balaban J connectivity index is 1.50. The second-order valence-electron chi connectivity index (χ2n) is 6.70. The van der Waals surface area contributed by atoms with Crippen LogP contribution in [0.3, 0.4) is 0 Å². The van der Waals surface area contributed by atoms with Crippen molar-refractivity contribution in [1.29, 1.82) is 0 Å². The van der Waals surface area contributed by atoms with Crippen LogP contribution in [0.2, 0.25) is 0 Å². The van der Waals surface area contributed by atoms with Gasteiger partial charge in [0.2, 0.25) is 0 Å². The molecule has 29 heavy (non-hydrogen) atoms. The zero-order chi connectivity index (χ0) is 20.4. The molecular formula is C21H18BrFN2O3S. The van der Waals surface area contributed by atoms with Gasteiger partial charge < -0.3 is 9.64 Å². The molecule has 2 amide bonds. The number of carbonyl (C=O) groups is 2. The lowest BCUT2D eigenvalue weighted by molar-refractivity contribution is -0.123. The second kappa shape index (κ2) is 8.69. The number of nitrogens with zero attached hydrogens (tertiary/aromatic N) is 2. The van der Waals surface area contributed by atoms with Gasteiger partial charge in [-0.3, -0.25) is 14.5 Å². The summed E-state index contributed by atoms with van der Waals surface area (Å²) in [6, 6.07) is 12.3. The van der Waals surface area contributed by atoms with Crippen LogP contribution in [0, 0.1) is 5.82 Å². The highest BCUT2D eigenvalue weighted by molar-refractivity contribution is 9.10. The first-order valence-corrected chi connectivity index (χ1v) is 10.7. The summed E-state index contributed by atoms with van der Waals surface area (Å²) in [7, 11) is 0. The quantitative estimate of drug-likeness (QED) is 0.600. The van der Waals surface area contributed by atoms with Crippen LogP contribution in [-0.2, 0) is 16.1 Å². The predicted octanol–water partition coefficient (Wildman–Crippen LogP) is 4.66. The number of benzene rings is 2. The lowest BCUT2D eigenvalue weighted by atomic mass is 10.1. The maximum absolute atomic E-state index is 14.6. The van der Waals surface area contributed by atoms with E-state index in [-0.39, 0.29) is 23.5 Å². The van der Waals surface area contributed by atoms with E-state index in [0.29, 0.717) is 42.5 Å². The van der Waals surface area contributed by atoms with Gasteiger partial charge in [0.1, 0.15) is 5.82 Å². The van der Waals surface area contributed by atoms with Crippen LogP contribution in [0.15, 0.2) is 51.8 Å². The normalized spacial score (nSPS) is 18.8. The number of anilines is 1. The molecule has 4 rings (SSSR count). The van der Waals surface area contributed by atoms with Crippen LogP contribution < -0.4 is 4.90 Å². The maximum atomic E-state index is 14.6. The fraction of sp³-hybridized carbons (Fsp3) is 0.238. The number of hydrogen-bond donors (Lipinski definition) is 0. The first-order valence-electron chi connectivity index (χ1n) is 9.13. The van der Waals surface area contributed by atoms with E-state index in [4.69, 9.17) is 4.74 Å². The lowest BCUT2D eigenvalue weighted by Crippen LogP contribution is -2.36. The van der Waals surface area contributed by atoms with Gasteiger partial charge in [-0.25, -0.2) is 4.39 Å². The van der Waals surface area contributed by atoms with Crippen molar-refractivity contribution in [1.82, 2.24) is 4.90 Å². The van der Waals surface area contributed by atoms with E-state index in [0.717, 1.165) is 21.8 Å². The molecule has 0 aromatic heterocycles. The van der Waals surface area contributed by atoms with Crippen LogP contribution in [0.4, 0.5) is 14.9 Å². The van der Waals surface area contributed by atoms with E-state index in [9.17, 15) is 14.0 Å². The number of carbonyl (C=O) groups excluding carboxylic acids is 2. The molecule has 8 heteroatoms. The van der Waals surface area contributed by atoms with Crippen LogP contribution in [0.5, 0.6) is 0 Å². The number of ether oxygens (including phenoxy) is 1. The zero-order valence-electron chi connectivity index (χ0n) is 15.4. The Bertz CT molecular complexity index is 974. The van der Waals surface area contributed by atoms with Gasteiger partial charge in [-0.2, -0.15) is 0 Å². The van der Waals surface area contributed by atoms with Crippen molar-refractivity contribution in [3.05, 3.63) is 68.8 Å². The first-order chi connectivity index (χ1) is 14.0. The SMILES string of the molecule is O=C1S/C(=C\c2ccc(N3CCOCC3)c(F)c2)C(=O)N1Cc1ccc(Br)cc1. The van der Waals surface area contributed by atoms with E-state index >= 15 is 0 Å². The molecule has 2 aromatic carbocycles. The summed E-state index contributed by atoms with van der Waals surface area (Å²) in [6.07, 6.45) is 1.57. The molecule has 2 heterocycles. The largest absolute Gasteiger partial charge is 0.378 e. The van der Waals surface area contributed by atoms with Crippen molar-refractivity contribution < 1.29 is 18.7 Å².